The summed E-state index contributed by atoms with van der Waals surface area (Å²) in [6.07, 6.45) is 9.26. The molecule has 2 amide bonds. The number of carbonyl (C=O) groups is 2. The van der Waals surface area contributed by atoms with Gasteiger partial charge in [-0.05, 0) is 42.5 Å². The number of aromatic nitrogens is 1. The summed E-state index contributed by atoms with van der Waals surface area (Å²) in [6, 6.07) is 7.84. The molecule has 178 valence electrons. The van der Waals surface area contributed by atoms with Crippen LogP contribution in [0.2, 0.25) is 0 Å². The van der Waals surface area contributed by atoms with Gasteiger partial charge in [-0.25, -0.2) is 14.9 Å². The number of guanidine groups is 1. The molecule has 1 aromatic heterocycles. The highest BCUT2D eigenvalue weighted by Crippen LogP contribution is 2.33. The minimum absolute atomic E-state index is 0.0667. The molecular formula is C24H27FN6O3. The third-order valence-corrected chi connectivity index (χ3v) is 5.96. The fourth-order valence-electron chi connectivity index (χ4n) is 4.13. The van der Waals surface area contributed by atoms with Gasteiger partial charge in [-0.3, -0.25) is 19.8 Å². The molecule has 34 heavy (non-hydrogen) atoms. The molecule has 0 spiro atoms. The van der Waals surface area contributed by atoms with E-state index < -0.39 is 17.7 Å². The van der Waals surface area contributed by atoms with E-state index in [0.29, 0.717) is 31.9 Å². The first-order valence-corrected chi connectivity index (χ1v) is 11.2. The number of amides is 2. The third-order valence-electron chi connectivity index (χ3n) is 5.96. The molecular weight excluding hydrogens is 439 g/mol. The second-order valence-corrected chi connectivity index (χ2v) is 8.26. The highest BCUT2D eigenvalue weighted by Gasteiger charge is 2.26. The normalized spacial score (nSPS) is 20.4. The predicted octanol–water partition coefficient (Wildman–Crippen LogP) is 2.34. The lowest BCUT2D eigenvalue weighted by molar-refractivity contribution is -0.130. The Labute approximate surface area is 195 Å². The molecule has 5 N–H and O–H groups in total. The van der Waals surface area contributed by atoms with E-state index in [0.717, 1.165) is 16.5 Å². The Balaban J connectivity index is 1.36. The number of aromatic amines is 1. The van der Waals surface area contributed by atoms with Crippen LogP contribution in [-0.2, 0) is 9.59 Å². The van der Waals surface area contributed by atoms with Crippen LogP contribution in [0.3, 0.4) is 0 Å². The van der Waals surface area contributed by atoms with Gasteiger partial charge in [0.2, 0.25) is 11.9 Å². The Kier molecular flexibility index (Phi) is 7.48. The largest absolute Gasteiger partial charge is 0.361 e. The Morgan fingerprint density at radius 3 is 2.85 bits per heavy atom. The number of rotatable bonds is 8. The first-order chi connectivity index (χ1) is 16.5. The van der Waals surface area contributed by atoms with Gasteiger partial charge in [0, 0.05) is 36.4 Å². The highest BCUT2D eigenvalue weighted by atomic mass is 19.1. The van der Waals surface area contributed by atoms with Crippen molar-refractivity contribution in [2.24, 2.45) is 21.8 Å². The maximum Gasteiger partial charge on any atom is 0.253 e. The molecule has 2 aliphatic rings. The molecule has 10 heteroatoms. The Bertz CT molecular complexity index is 1170. The highest BCUT2D eigenvalue weighted by molar-refractivity contribution is 6.00. The quantitative estimate of drug-likeness (QED) is 0.232. The maximum atomic E-state index is 13.4. The summed E-state index contributed by atoms with van der Waals surface area (Å²) >= 11 is 0. The fraction of sp³-hybridized carbons (Fsp3) is 0.333. The third kappa shape index (κ3) is 5.57. The van der Waals surface area contributed by atoms with Crippen molar-refractivity contribution in [3.63, 3.8) is 0 Å². The number of para-hydroxylation sites is 1. The number of carbonyl (C=O) groups excluding carboxylic acids is 2. The molecule has 9 nitrogen and oxygen atoms in total. The molecule has 3 unspecified atom stereocenters. The van der Waals surface area contributed by atoms with Crippen LogP contribution < -0.4 is 16.1 Å². The van der Waals surface area contributed by atoms with Gasteiger partial charge in [0.05, 0.1) is 18.4 Å². The topological polar surface area (TPSA) is 131 Å². The number of aliphatic imine (C=N–C) groups is 2. The molecule has 4 rings (SSSR count). The van der Waals surface area contributed by atoms with Crippen molar-refractivity contribution in [1.82, 2.24) is 21.1 Å². The van der Waals surface area contributed by atoms with Crippen molar-refractivity contribution in [2.75, 3.05) is 19.6 Å². The zero-order valence-corrected chi connectivity index (χ0v) is 18.5. The summed E-state index contributed by atoms with van der Waals surface area (Å²) in [4.78, 5) is 36.1. The van der Waals surface area contributed by atoms with Gasteiger partial charge in [-0.15, -0.1) is 0 Å². The van der Waals surface area contributed by atoms with Crippen LogP contribution in [0.15, 0.2) is 64.5 Å². The van der Waals surface area contributed by atoms with Crippen LogP contribution in [0.4, 0.5) is 4.39 Å². The maximum absolute atomic E-state index is 13.4. The summed E-state index contributed by atoms with van der Waals surface area (Å²) in [7, 11) is 0. The van der Waals surface area contributed by atoms with Gasteiger partial charge in [-0.1, -0.05) is 24.3 Å². The van der Waals surface area contributed by atoms with Gasteiger partial charge >= 0.3 is 0 Å². The van der Waals surface area contributed by atoms with E-state index in [1.165, 1.54) is 12.3 Å². The lowest BCUT2D eigenvalue weighted by atomic mass is 9.85. The number of nitrogens with one attached hydrogen (secondary N) is 4. The van der Waals surface area contributed by atoms with Crippen molar-refractivity contribution < 1.29 is 19.2 Å². The molecule has 2 aromatic rings. The second kappa shape index (κ2) is 10.9. The molecule has 2 heterocycles. The first-order valence-electron chi connectivity index (χ1n) is 11.2. The minimum Gasteiger partial charge on any atom is -0.361 e. The standard InChI is InChI=1S/C24H27FN6O3/c25-17-7-5-15(6-8-17)11-19(20-14-28-21-4-2-1-3-18(20)21)23(33)26-9-10-27-24-29-12-16(13-30-24)22(32)31-34/h1-5,7-8,12,14-16,19,28,34H,6,9-11,13H2,(H,26,33)(H,27,30)(H,31,32). The monoisotopic (exact) mass is 466 g/mol. The number of halogens is 1. The van der Waals surface area contributed by atoms with Crippen LogP contribution in [0, 0.1) is 11.8 Å². The predicted molar refractivity (Wildman–Crippen MR) is 127 cm³/mol. The summed E-state index contributed by atoms with van der Waals surface area (Å²) in [6.45, 7) is 0.926. The number of H-pyrrole nitrogens is 1. The van der Waals surface area contributed by atoms with E-state index in [-0.39, 0.29) is 24.2 Å². The lowest BCUT2D eigenvalue weighted by Crippen LogP contribution is -2.39. The van der Waals surface area contributed by atoms with Gasteiger partial charge in [0.15, 0.2) is 0 Å². The average Bonchev–Trinajstić information content (AvgIpc) is 3.30. The number of hydroxylamine groups is 1. The smallest absolute Gasteiger partial charge is 0.253 e. The van der Waals surface area contributed by atoms with Crippen molar-refractivity contribution in [3.8, 4) is 0 Å². The van der Waals surface area contributed by atoms with Crippen LogP contribution in [0.5, 0.6) is 0 Å². The van der Waals surface area contributed by atoms with Crippen LogP contribution in [0.1, 0.15) is 24.3 Å². The fourth-order valence-corrected chi connectivity index (χ4v) is 4.13. The van der Waals surface area contributed by atoms with Gasteiger partial charge in [-0.2, -0.15) is 0 Å². The van der Waals surface area contributed by atoms with E-state index in [9.17, 15) is 14.0 Å². The SMILES string of the molecule is O=C(NO)C1C=NC(NCCNC(=O)C(CC2C=CC(F)=CC2)c2c[nH]c3ccccc23)=NC1. The molecule has 0 saturated heterocycles. The summed E-state index contributed by atoms with van der Waals surface area (Å²) in [5.74, 6) is -1.49. The molecule has 0 saturated carbocycles. The molecule has 0 fully saturated rings. The number of allylic oxidation sites excluding steroid dienone is 4. The van der Waals surface area contributed by atoms with Crippen molar-refractivity contribution in [1.29, 1.82) is 0 Å². The van der Waals surface area contributed by atoms with Crippen molar-refractivity contribution >= 4 is 34.9 Å². The summed E-state index contributed by atoms with van der Waals surface area (Å²) < 4.78 is 13.4. The molecule has 0 radical (unpaired) electrons. The number of hydrogen-bond acceptors (Lipinski definition) is 6. The second-order valence-electron chi connectivity index (χ2n) is 8.26. The Hall–Kier alpha value is -3.79. The number of benzene rings is 1. The molecule has 0 bridgehead atoms. The van der Waals surface area contributed by atoms with E-state index >= 15 is 0 Å². The van der Waals surface area contributed by atoms with E-state index in [4.69, 9.17) is 5.21 Å². The minimum atomic E-state index is -0.607. The number of fused-ring (bicyclic) bond motifs is 1. The molecule has 1 aliphatic heterocycles. The van der Waals surface area contributed by atoms with Gasteiger partial charge in [0.1, 0.15) is 5.83 Å². The van der Waals surface area contributed by atoms with Crippen LogP contribution in [0.25, 0.3) is 10.9 Å². The van der Waals surface area contributed by atoms with Crippen molar-refractivity contribution in [3.05, 3.63) is 60.1 Å². The average molecular weight is 467 g/mol. The number of hydrogen-bond donors (Lipinski definition) is 5. The molecule has 1 aliphatic carbocycles. The van der Waals surface area contributed by atoms with Crippen molar-refractivity contribution in [2.45, 2.75) is 18.8 Å². The summed E-state index contributed by atoms with van der Waals surface area (Å²) in [5, 5.41) is 15.7. The number of nitrogens with zero attached hydrogens (tertiary/aromatic N) is 2. The first kappa shape index (κ1) is 23.4. The zero-order chi connectivity index (χ0) is 23.9. The molecule has 1 aromatic carbocycles. The Morgan fingerprint density at radius 2 is 2.12 bits per heavy atom. The Morgan fingerprint density at radius 1 is 1.26 bits per heavy atom. The van der Waals surface area contributed by atoms with E-state index in [1.54, 1.807) is 11.6 Å². The van der Waals surface area contributed by atoms with E-state index in [1.807, 2.05) is 36.5 Å². The zero-order valence-electron chi connectivity index (χ0n) is 18.5. The van der Waals surface area contributed by atoms with Crippen LogP contribution in [-0.4, -0.2) is 53.8 Å². The van der Waals surface area contributed by atoms with Gasteiger partial charge < -0.3 is 15.6 Å². The lowest BCUT2D eigenvalue weighted by Gasteiger charge is -2.22. The van der Waals surface area contributed by atoms with Crippen LogP contribution >= 0.6 is 0 Å². The summed E-state index contributed by atoms with van der Waals surface area (Å²) in [5.41, 5.74) is 3.46. The molecule has 3 atom stereocenters. The van der Waals surface area contributed by atoms with E-state index in [2.05, 4.69) is 25.6 Å². The van der Waals surface area contributed by atoms with Gasteiger partial charge in [0.25, 0.3) is 5.91 Å².